The van der Waals surface area contributed by atoms with Crippen molar-refractivity contribution in [2.45, 2.75) is 6.61 Å². The predicted molar refractivity (Wildman–Crippen MR) is 115 cm³/mol. The molecule has 0 aliphatic heterocycles. The molecule has 3 aromatic carbocycles. The van der Waals surface area contributed by atoms with Gasteiger partial charge < -0.3 is 9.47 Å². The van der Waals surface area contributed by atoms with E-state index in [4.69, 9.17) is 21.1 Å². The van der Waals surface area contributed by atoms with E-state index in [1.54, 1.807) is 30.3 Å². The molecule has 0 spiro atoms. The first-order valence-electron chi connectivity index (χ1n) is 9.30. The smallest absolute Gasteiger partial charge is 0.338 e. The first-order chi connectivity index (χ1) is 15.0. The predicted octanol–water partition coefficient (Wildman–Crippen LogP) is 3.54. The number of carbonyl (C=O) groups is 3. The van der Waals surface area contributed by atoms with Crippen LogP contribution in [-0.2, 0) is 16.1 Å². The third-order valence-electron chi connectivity index (χ3n) is 4.07. The van der Waals surface area contributed by atoms with E-state index in [0.29, 0.717) is 22.9 Å². The van der Waals surface area contributed by atoms with Crippen LogP contribution < -0.4 is 15.6 Å². The van der Waals surface area contributed by atoms with Gasteiger partial charge >= 0.3 is 5.97 Å². The summed E-state index contributed by atoms with van der Waals surface area (Å²) in [5.41, 5.74) is 5.96. The van der Waals surface area contributed by atoms with Crippen molar-refractivity contribution < 1.29 is 23.9 Å². The molecule has 2 N–H and O–H groups in total. The van der Waals surface area contributed by atoms with Crippen molar-refractivity contribution in [1.82, 2.24) is 10.9 Å². The summed E-state index contributed by atoms with van der Waals surface area (Å²) in [5.74, 6) is -1.41. The Morgan fingerprint density at radius 1 is 0.806 bits per heavy atom. The van der Waals surface area contributed by atoms with Crippen LogP contribution in [0.15, 0.2) is 78.9 Å². The van der Waals surface area contributed by atoms with E-state index in [1.165, 1.54) is 18.2 Å². The number of halogens is 1. The molecule has 7 nitrogen and oxygen atoms in total. The van der Waals surface area contributed by atoms with Crippen LogP contribution in [0.3, 0.4) is 0 Å². The summed E-state index contributed by atoms with van der Waals surface area (Å²) in [4.78, 5) is 36.0. The highest BCUT2D eigenvalue weighted by atomic mass is 35.5. The first-order valence-corrected chi connectivity index (χ1v) is 9.68. The van der Waals surface area contributed by atoms with Crippen molar-refractivity contribution >= 4 is 29.4 Å². The van der Waals surface area contributed by atoms with Crippen LogP contribution in [0.25, 0.3) is 0 Å². The van der Waals surface area contributed by atoms with E-state index in [-0.39, 0.29) is 5.56 Å². The number of hydrazine groups is 1. The fourth-order valence-electron chi connectivity index (χ4n) is 2.50. The average molecular weight is 439 g/mol. The SMILES string of the molecule is O=C(COC(=O)c1cccc(OCc2ccccc2)c1)NNC(=O)c1ccc(Cl)cc1. The molecule has 0 aromatic heterocycles. The van der Waals surface area contributed by atoms with Crippen molar-refractivity contribution in [2.24, 2.45) is 0 Å². The summed E-state index contributed by atoms with van der Waals surface area (Å²) in [6.07, 6.45) is 0. The molecule has 0 heterocycles. The largest absolute Gasteiger partial charge is 0.489 e. The van der Waals surface area contributed by atoms with Crippen molar-refractivity contribution in [3.05, 3.63) is 101 Å². The van der Waals surface area contributed by atoms with Gasteiger partial charge in [-0.25, -0.2) is 4.79 Å². The molecular formula is C23H19ClN2O5. The summed E-state index contributed by atoms with van der Waals surface area (Å²) in [5, 5.41) is 0.488. The molecule has 0 aliphatic carbocycles. The quantitative estimate of drug-likeness (QED) is 0.434. The number of ether oxygens (including phenoxy) is 2. The second kappa shape index (κ2) is 10.8. The summed E-state index contributed by atoms with van der Waals surface area (Å²) >= 11 is 5.76. The van der Waals surface area contributed by atoms with Crippen molar-refractivity contribution in [1.29, 1.82) is 0 Å². The number of carbonyl (C=O) groups excluding carboxylic acids is 3. The van der Waals surface area contributed by atoms with Gasteiger partial charge in [-0.05, 0) is 48.0 Å². The van der Waals surface area contributed by atoms with Gasteiger partial charge in [-0.2, -0.15) is 0 Å². The van der Waals surface area contributed by atoms with Crippen molar-refractivity contribution in [3.8, 4) is 5.75 Å². The maximum Gasteiger partial charge on any atom is 0.338 e. The van der Waals surface area contributed by atoms with Gasteiger partial charge in [-0.15, -0.1) is 0 Å². The number of benzene rings is 3. The van der Waals surface area contributed by atoms with Gasteiger partial charge in [0.15, 0.2) is 6.61 Å². The molecule has 31 heavy (non-hydrogen) atoms. The maximum absolute atomic E-state index is 12.2. The number of esters is 1. The summed E-state index contributed by atoms with van der Waals surface area (Å²) < 4.78 is 10.7. The Kier molecular flexibility index (Phi) is 7.61. The Morgan fingerprint density at radius 2 is 1.55 bits per heavy atom. The molecule has 0 bridgehead atoms. The van der Waals surface area contributed by atoms with Crippen LogP contribution in [0, 0.1) is 0 Å². The highest BCUT2D eigenvalue weighted by Crippen LogP contribution is 2.16. The maximum atomic E-state index is 12.2. The number of hydrogen-bond donors (Lipinski definition) is 2. The molecule has 3 aromatic rings. The lowest BCUT2D eigenvalue weighted by atomic mass is 10.2. The van der Waals surface area contributed by atoms with E-state index in [2.05, 4.69) is 10.9 Å². The first kappa shape index (κ1) is 21.9. The van der Waals surface area contributed by atoms with Gasteiger partial charge in [0.1, 0.15) is 12.4 Å². The van der Waals surface area contributed by atoms with Gasteiger partial charge in [0.25, 0.3) is 11.8 Å². The molecule has 0 saturated carbocycles. The van der Waals surface area contributed by atoms with Gasteiger partial charge in [-0.1, -0.05) is 48.0 Å². The van der Waals surface area contributed by atoms with Gasteiger partial charge in [0.05, 0.1) is 5.56 Å². The van der Waals surface area contributed by atoms with Crippen molar-refractivity contribution in [3.63, 3.8) is 0 Å². The van der Waals surface area contributed by atoms with E-state index in [0.717, 1.165) is 5.56 Å². The van der Waals surface area contributed by atoms with Crippen LogP contribution in [0.2, 0.25) is 5.02 Å². The fraction of sp³-hybridized carbons (Fsp3) is 0.0870. The Hall–Kier alpha value is -3.84. The molecule has 8 heteroatoms. The minimum atomic E-state index is -0.690. The second-order valence-corrected chi connectivity index (χ2v) is 6.82. The van der Waals surface area contributed by atoms with Crippen LogP contribution in [-0.4, -0.2) is 24.4 Å². The van der Waals surface area contributed by atoms with Gasteiger partial charge in [0.2, 0.25) is 0 Å². The zero-order valence-corrected chi connectivity index (χ0v) is 17.1. The van der Waals surface area contributed by atoms with E-state index >= 15 is 0 Å². The molecular weight excluding hydrogens is 420 g/mol. The minimum Gasteiger partial charge on any atom is -0.489 e. The van der Waals surface area contributed by atoms with Gasteiger partial charge in [0, 0.05) is 10.6 Å². The lowest BCUT2D eigenvalue weighted by Crippen LogP contribution is -2.43. The number of amides is 2. The highest BCUT2D eigenvalue weighted by Gasteiger charge is 2.12. The number of nitrogens with one attached hydrogen (secondary N) is 2. The van der Waals surface area contributed by atoms with E-state index < -0.39 is 24.4 Å². The summed E-state index contributed by atoms with van der Waals surface area (Å²) in [6.45, 7) is -0.204. The lowest BCUT2D eigenvalue weighted by molar-refractivity contribution is -0.125. The second-order valence-electron chi connectivity index (χ2n) is 6.39. The van der Waals surface area contributed by atoms with Crippen molar-refractivity contribution in [2.75, 3.05) is 6.61 Å². The Morgan fingerprint density at radius 3 is 2.29 bits per heavy atom. The fourth-order valence-corrected chi connectivity index (χ4v) is 2.63. The Bertz CT molecular complexity index is 1060. The Labute approximate surface area is 183 Å². The van der Waals surface area contributed by atoms with Crippen LogP contribution in [0.4, 0.5) is 0 Å². The third-order valence-corrected chi connectivity index (χ3v) is 4.33. The molecule has 2 amide bonds. The molecule has 0 unspecified atom stereocenters. The van der Waals surface area contributed by atoms with Gasteiger partial charge in [-0.3, -0.25) is 20.4 Å². The Balaban J connectivity index is 1.44. The third kappa shape index (κ3) is 6.87. The zero-order valence-electron chi connectivity index (χ0n) is 16.3. The monoisotopic (exact) mass is 438 g/mol. The zero-order chi connectivity index (χ0) is 22.1. The standard InChI is InChI=1S/C23H19ClN2O5/c24-19-11-9-17(10-12-19)22(28)26-25-21(27)15-31-23(29)18-7-4-8-20(13-18)30-14-16-5-2-1-3-6-16/h1-13H,14-15H2,(H,25,27)(H,26,28). The van der Waals surface area contributed by atoms with Crippen LogP contribution >= 0.6 is 11.6 Å². The normalized spacial score (nSPS) is 10.1. The lowest BCUT2D eigenvalue weighted by Gasteiger charge is -2.09. The molecule has 0 radical (unpaired) electrons. The number of rotatable bonds is 7. The topological polar surface area (TPSA) is 93.7 Å². The van der Waals surface area contributed by atoms with Crippen LogP contribution in [0.1, 0.15) is 26.3 Å². The molecule has 158 valence electrons. The van der Waals surface area contributed by atoms with Crippen LogP contribution in [0.5, 0.6) is 5.75 Å². The summed E-state index contributed by atoms with van der Waals surface area (Å²) in [6, 6.07) is 22.2. The van der Waals surface area contributed by atoms with E-state index in [1.807, 2.05) is 30.3 Å². The molecule has 0 aliphatic rings. The average Bonchev–Trinajstić information content (AvgIpc) is 2.81. The minimum absolute atomic E-state index is 0.239. The molecule has 0 atom stereocenters. The molecule has 0 saturated heterocycles. The molecule has 3 rings (SSSR count). The van der Waals surface area contributed by atoms with E-state index in [9.17, 15) is 14.4 Å². The summed E-state index contributed by atoms with van der Waals surface area (Å²) in [7, 11) is 0. The molecule has 0 fully saturated rings. The highest BCUT2D eigenvalue weighted by molar-refractivity contribution is 6.30. The number of hydrogen-bond acceptors (Lipinski definition) is 5.